The van der Waals surface area contributed by atoms with Crippen molar-refractivity contribution in [1.29, 1.82) is 0 Å². The number of morpholine rings is 1. The van der Waals surface area contributed by atoms with E-state index >= 15 is 0 Å². The molecule has 0 unspecified atom stereocenters. The first kappa shape index (κ1) is 26.5. The Balaban J connectivity index is 1.23. The van der Waals surface area contributed by atoms with E-state index in [0.29, 0.717) is 21.8 Å². The van der Waals surface area contributed by atoms with E-state index in [9.17, 15) is 0 Å². The summed E-state index contributed by atoms with van der Waals surface area (Å²) in [5.74, 6) is 1.51. The van der Waals surface area contributed by atoms with Gasteiger partial charge >= 0.3 is 0 Å². The van der Waals surface area contributed by atoms with E-state index < -0.39 is 0 Å². The topological polar surface area (TPSA) is 76.0 Å². The van der Waals surface area contributed by atoms with Crippen molar-refractivity contribution in [2.24, 2.45) is 0 Å². The number of aromatic nitrogens is 3. The molecule has 200 valence electrons. The average Bonchev–Trinajstić information content (AvgIpc) is 3.22. The largest absolute Gasteiger partial charge is 0.497 e. The summed E-state index contributed by atoms with van der Waals surface area (Å²) in [7, 11) is 1.59. The molecule has 0 atom stereocenters. The van der Waals surface area contributed by atoms with Crippen molar-refractivity contribution in [3.8, 4) is 16.9 Å². The molecule has 0 amide bonds. The summed E-state index contributed by atoms with van der Waals surface area (Å²) in [5.41, 5.74) is 3.98. The van der Waals surface area contributed by atoms with Gasteiger partial charge in [0.05, 0.1) is 41.6 Å². The molecule has 5 rings (SSSR count). The maximum absolute atomic E-state index is 6.62. The number of nitrogens with zero attached hydrogens (tertiary/aromatic N) is 4. The number of halogens is 2. The zero-order chi connectivity index (χ0) is 25.9. The predicted molar refractivity (Wildman–Crippen MR) is 149 cm³/mol. The van der Waals surface area contributed by atoms with Crippen LogP contribution >= 0.6 is 23.2 Å². The van der Waals surface area contributed by atoms with Gasteiger partial charge in [0.25, 0.3) is 0 Å². The molecule has 1 aromatic carbocycles. The zero-order valence-electron chi connectivity index (χ0n) is 21.8. The van der Waals surface area contributed by atoms with E-state index in [1.807, 2.05) is 24.4 Å². The predicted octanol–water partition coefficient (Wildman–Crippen LogP) is 4.97. The smallest absolute Gasteiger partial charge is 0.165 e. The molecule has 1 aliphatic heterocycles. The van der Waals surface area contributed by atoms with Crippen molar-refractivity contribution in [2.45, 2.75) is 51.6 Å². The SMILES string of the molecule is COc1cc(Cl)c(-c2c(C)nn3c(NCCNC4CCC(N5CCOCC5)CC4)cc(C)nc23)c(Cl)c1. The molecule has 2 fully saturated rings. The Morgan fingerprint density at radius 3 is 2.38 bits per heavy atom. The lowest BCUT2D eigenvalue weighted by Gasteiger charge is -2.39. The van der Waals surface area contributed by atoms with E-state index in [-0.39, 0.29) is 0 Å². The lowest BCUT2D eigenvalue weighted by atomic mass is 9.90. The Labute approximate surface area is 228 Å². The lowest BCUT2D eigenvalue weighted by molar-refractivity contribution is 0.00661. The number of anilines is 1. The molecule has 1 saturated carbocycles. The standard InChI is InChI=1S/C27H36Cl2N6O2/c1-17-14-24(31-9-8-30-19-4-6-20(7-5-19)34-10-12-37-13-11-34)35-27(32-17)25(18(2)33-35)26-22(28)15-21(36-3)16-23(26)29/h14-16,19-20,30-31H,4-13H2,1-3H3. The monoisotopic (exact) mass is 546 g/mol. The molecule has 2 aromatic heterocycles. The molecule has 3 aromatic rings. The maximum atomic E-state index is 6.62. The minimum Gasteiger partial charge on any atom is -0.497 e. The van der Waals surface area contributed by atoms with E-state index in [2.05, 4.69) is 15.5 Å². The lowest BCUT2D eigenvalue weighted by Crippen LogP contribution is -2.47. The van der Waals surface area contributed by atoms with Gasteiger partial charge in [-0.25, -0.2) is 4.98 Å². The molecule has 1 saturated heterocycles. The number of fused-ring (bicyclic) bond motifs is 1. The van der Waals surface area contributed by atoms with Crippen LogP contribution in [0.2, 0.25) is 10.0 Å². The fraction of sp³-hybridized carbons (Fsp3) is 0.556. The Hall–Kier alpha value is -2.10. The molecular formula is C27H36Cl2N6O2. The van der Waals surface area contributed by atoms with E-state index in [1.165, 1.54) is 25.7 Å². The second-order valence-electron chi connectivity index (χ2n) is 9.98. The molecule has 0 radical (unpaired) electrons. The highest BCUT2D eigenvalue weighted by Crippen LogP contribution is 2.41. The van der Waals surface area contributed by atoms with Crippen LogP contribution in [-0.2, 0) is 4.74 Å². The first-order chi connectivity index (χ1) is 17.9. The minimum absolute atomic E-state index is 0.507. The fourth-order valence-electron chi connectivity index (χ4n) is 5.62. The summed E-state index contributed by atoms with van der Waals surface area (Å²) in [6.07, 6.45) is 4.99. The van der Waals surface area contributed by atoms with Crippen LogP contribution in [0.1, 0.15) is 37.1 Å². The second-order valence-corrected chi connectivity index (χ2v) is 10.8. The van der Waals surface area contributed by atoms with Gasteiger partial charge in [0.1, 0.15) is 11.6 Å². The second kappa shape index (κ2) is 11.7. The molecule has 2 aliphatic rings. The number of ether oxygens (including phenoxy) is 2. The summed E-state index contributed by atoms with van der Waals surface area (Å²) < 4.78 is 12.7. The summed E-state index contributed by atoms with van der Waals surface area (Å²) >= 11 is 13.2. The van der Waals surface area contributed by atoms with Crippen LogP contribution in [0, 0.1) is 13.8 Å². The number of aryl methyl sites for hydroxylation is 2. The Morgan fingerprint density at radius 1 is 1.00 bits per heavy atom. The maximum Gasteiger partial charge on any atom is 0.165 e. The molecule has 0 spiro atoms. The van der Waals surface area contributed by atoms with Gasteiger partial charge < -0.3 is 20.1 Å². The summed E-state index contributed by atoms with van der Waals surface area (Å²) in [6, 6.07) is 6.85. The van der Waals surface area contributed by atoms with Crippen LogP contribution in [0.5, 0.6) is 5.75 Å². The van der Waals surface area contributed by atoms with Gasteiger partial charge in [0.15, 0.2) is 5.65 Å². The summed E-state index contributed by atoms with van der Waals surface area (Å²) in [4.78, 5) is 7.41. The number of benzene rings is 1. The third-order valence-corrected chi connectivity index (χ3v) is 8.11. The highest BCUT2D eigenvalue weighted by atomic mass is 35.5. The first-order valence-corrected chi connectivity index (χ1v) is 13.9. The first-order valence-electron chi connectivity index (χ1n) is 13.1. The normalized spacial score (nSPS) is 20.9. The molecule has 37 heavy (non-hydrogen) atoms. The minimum atomic E-state index is 0.507. The number of hydrogen-bond acceptors (Lipinski definition) is 7. The Kier molecular flexibility index (Phi) is 8.41. The molecule has 8 nitrogen and oxygen atoms in total. The quantitative estimate of drug-likeness (QED) is 0.386. The molecule has 1 aliphatic carbocycles. The highest BCUT2D eigenvalue weighted by Gasteiger charge is 2.26. The average molecular weight is 548 g/mol. The molecule has 3 heterocycles. The van der Waals surface area contributed by atoms with Gasteiger partial charge in [-0.05, 0) is 51.7 Å². The van der Waals surface area contributed by atoms with Crippen LogP contribution in [-0.4, -0.2) is 78.1 Å². The van der Waals surface area contributed by atoms with Gasteiger partial charge in [-0.2, -0.15) is 9.61 Å². The molecular weight excluding hydrogens is 511 g/mol. The molecule has 0 bridgehead atoms. The van der Waals surface area contributed by atoms with Gasteiger partial charge in [-0.1, -0.05) is 23.2 Å². The van der Waals surface area contributed by atoms with Crippen LogP contribution in [0.3, 0.4) is 0 Å². The van der Waals surface area contributed by atoms with Gasteiger partial charge in [0.2, 0.25) is 0 Å². The zero-order valence-corrected chi connectivity index (χ0v) is 23.3. The van der Waals surface area contributed by atoms with Gasteiger partial charge in [-0.3, -0.25) is 4.90 Å². The van der Waals surface area contributed by atoms with Crippen molar-refractivity contribution in [2.75, 3.05) is 51.8 Å². The fourth-order valence-corrected chi connectivity index (χ4v) is 6.28. The number of hydrogen-bond donors (Lipinski definition) is 2. The van der Waals surface area contributed by atoms with Crippen molar-refractivity contribution >= 4 is 34.7 Å². The van der Waals surface area contributed by atoms with Gasteiger partial charge in [-0.15, -0.1) is 0 Å². The summed E-state index contributed by atoms with van der Waals surface area (Å²) in [5, 5.41) is 13.1. The van der Waals surface area contributed by atoms with Gasteiger partial charge in [0, 0.05) is 55.6 Å². The summed E-state index contributed by atoms with van der Waals surface area (Å²) in [6.45, 7) is 9.54. The van der Waals surface area contributed by atoms with Crippen LogP contribution in [0.25, 0.3) is 16.8 Å². The van der Waals surface area contributed by atoms with Crippen molar-refractivity contribution in [3.05, 3.63) is 39.6 Å². The number of rotatable bonds is 8. The highest BCUT2D eigenvalue weighted by molar-refractivity contribution is 6.39. The van der Waals surface area contributed by atoms with E-state index in [1.54, 1.807) is 19.2 Å². The Bertz CT molecular complexity index is 1210. The molecule has 2 N–H and O–H groups in total. The van der Waals surface area contributed by atoms with Crippen molar-refractivity contribution in [3.63, 3.8) is 0 Å². The van der Waals surface area contributed by atoms with E-state index in [4.69, 9.17) is 42.8 Å². The van der Waals surface area contributed by atoms with E-state index in [0.717, 1.165) is 79.4 Å². The van der Waals surface area contributed by atoms with Crippen LogP contribution < -0.4 is 15.4 Å². The van der Waals surface area contributed by atoms with Crippen molar-refractivity contribution in [1.82, 2.24) is 24.8 Å². The van der Waals surface area contributed by atoms with Crippen molar-refractivity contribution < 1.29 is 9.47 Å². The van der Waals surface area contributed by atoms with Crippen LogP contribution in [0.4, 0.5) is 5.82 Å². The number of nitrogens with one attached hydrogen (secondary N) is 2. The Morgan fingerprint density at radius 2 is 1.70 bits per heavy atom. The molecule has 10 heteroatoms. The number of methoxy groups -OCH3 is 1. The third-order valence-electron chi connectivity index (χ3n) is 7.52. The third kappa shape index (κ3) is 5.83. The van der Waals surface area contributed by atoms with Crippen LogP contribution in [0.15, 0.2) is 18.2 Å².